The van der Waals surface area contributed by atoms with Crippen LogP contribution >= 0.6 is 0 Å². The van der Waals surface area contributed by atoms with Gasteiger partial charge in [0.05, 0.1) is 55.4 Å². The molecule has 72 heavy (non-hydrogen) atoms. The minimum Gasteiger partial charge on any atom is -0.307 e. The molecular formula is C58H28F12N2. The minimum absolute atomic E-state index is 0.0828. The number of nitrogens with zero attached hydrogens (tertiary/aromatic N) is 2. The molecular weight excluding hydrogens is 953 g/mol. The van der Waals surface area contributed by atoms with Gasteiger partial charge in [-0.05, 0) is 94.0 Å². The maximum atomic E-state index is 14.5. The molecule has 0 unspecified atom stereocenters. The third kappa shape index (κ3) is 6.33. The van der Waals surface area contributed by atoms with E-state index in [-0.39, 0.29) is 34.4 Å². The van der Waals surface area contributed by atoms with Gasteiger partial charge in [-0.3, -0.25) is 0 Å². The fourth-order valence-corrected chi connectivity index (χ4v) is 11.1. The Morgan fingerprint density at radius 3 is 0.917 bits per heavy atom. The van der Waals surface area contributed by atoms with E-state index >= 15 is 0 Å². The van der Waals surface area contributed by atoms with Gasteiger partial charge in [-0.2, -0.15) is 52.7 Å². The molecule has 0 bridgehead atoms. The molecule has 0 amide bonds. The first-order valence-electron chi connectivity index (χ1n) is 22.4. The van der Waals surface area contributed by atoms with Crippen LogP contribution in [-0.2, 0) is 24.7 Å². The first kappa shape index (κ1) is 43.7. The summed E-state index contributed by atoms with van der Waals surface area (Å²) in [5, 5.41) is 4.60. The number of para-hydroxylation sites is 2. The second-order valence-electron chi connectivity index (χ2n) is 18.1. The Bertz CT molecular complexity index is 4020. The van der Waals surface area contributed by atoms with Gasteiger partial charge in [-0.15, -0.1) is 0 Å². The van der Waals surface area contributed by atoms with Crippen molar-refractivity contribution < 1.29 is 52.7 Å². The summed E-state index contributed by atoms with van der Waals surface area (Å²) in [4.78, 5) is 0. The van der Waals surface area contributed by atoms with E-state index in [9.17, 15) is 52.7 Å². The first-order chi connectivity index (χ1) is 34.3. The van der Waals surface area contributed by atoms with Crippen LogP contribution in [0.1, 0.15) is 22.3 Å². The Hall–Kier alpha value is -8.26. The van der Waals surface area contributed by atoms with E-state index in [1.165, 1.54) is 12.1 Å². The topological polar surface area (TPSA) is 8.82 Å². The molecule has 0 radical (unpaired) electrons. The van der Waals surface area contributed by atoms with Crippen molar-refractivity contribution in [2.24, 2.45) is 0 Å². The van der Waals surface area contributed by atoms with Crippen LogP contribution in [-0.4, -0.2) is 8.80 Å². The zero-order valence-electron chi connectivity index (χ0n) is 36.6. The van der Waals surface area contributed by atoms with Crippen LogP contribution < -0.4 is 0 Å². The van der Waals surface area contributed by atoms with Crippen LogP contribution in [0.15, 0.2) is 170 Å². The van der Waals surface area contributed by atoms with E-state index < -0.39 is 47.0 Å². The lowest BCUT2D eigenvalue weighted by Crippen LogP contribution is -2.11. The summed E-state index contributed by atoms with van der Waals surface area (Å²) in [6.07, 6.45) is -20.5. The second kappa shape index (κ2) is 14.7. The summed E-state index contributed by atoms with van der Waals surface area (Å²) in [6, 6.07) is 42.7. The van der Waals surface area contributed by atoms with E-state index in [2.05, 4.69) is 0 Å². The van der Waals surface area contributed by atoms with Gasteiger partial charge in [0.15, 0.2) is 0 Å². The van der Waals surface area contributed by atoms with Gasteiger partial charge in [0.25, 0.3) is 0 Å². The zero-order chi connectivity index (χ0) is 50.0. The van der Waals surface area contributed by atoms with Crippen molar-refractivity contribution >= 4 is 76.2 Å². The van der Waals surface area contributed by atoms with Gasteiger partial charge in [-0.25, -0.2) is 0 Å². The van der Waals surface area contributed by atoms with Crippen molar-refractivity contribution in [3.63, 3.8) is 0 Å². The molecule has 13 rings (SSSR count). The SMILES string of the molecule is FC(F)(F)c1cc(-c2cccc3c4c5c6cc(-c7ccccc7)ccc6n6c7c(-c8cc(C(F)(F)F)cc(C(F)(F)F)c8)cccc7c(c7c8cc(-c9ccccc9)ccc8n(c23)c74)c56)cc(C(F)(F)F)c1. The van der Waals surface area contributed by atoms with Crippen LogP contribution in [0.3, 0.4) is 0 Å². The third-order valence-corrected chi connectivity index (χ3v) is 14.0. The number of alkyl halides is 12. The van der Waals surface area contributed by atoms with Crippen molar-refractivity contribution in [1.29, 1.82) is 0 Å². The molecule has 14 heteroatoms. The van der Waals surface area contributed by atoms with Gasteiger partial charge < -0.3 is 8.80 Å². The fraction of sp³-hybridized carbons (Fsp3) is 0.0690. The molecule has 354 valence electrons. The molecule has 4 aromatic heterocycles. The van der Waals surface area contributed by atoms with Crippen LogP contribution in [0, 0.1) is 0 Å². The van der Waals surface area contributed by atoms with E-state index in [1.807, 2.05) is 106 Å². The predicted molar refractivity (Wildman–Crippen MR) is 258 cm³/mol. The Balaban J connectivity index is 1.28. The van der Waals surface area contributed by atoms with E-state index in [4.69, 9.17) is 0 Å². The lowest BCUT2D eigenvalue weighted by molar-refractivity contribution is -0.144. The molecule has 0 aliphatic carbocycles. The summed E-state index contributed by atoms with van der Waals surface area (Å²) in [7, 11) is 0. The van der Waals surface area contributed by atoms with Crippen LogP contribution in [0.4, 0.5) is 52.7 Å². The maximum Gasteiger partial charge on any atom is 0.416 e. The van der Waals surface area contributed by atoms with Crippen LogP contribution in [0.5, 0.6) is 0 Å². The molecule has 0 aliphatic rings. The Morgan fingerprint density at radius 1 is 0.250 bits per heavy atom. The van der Waals surface area contributed by atoms with Crippen LogP contribution in [0.25, 0.3) is 121 Å². The summed E-state index contributed by atoms with van der Waals surface area (Å²) >= 11 is 0. The maximum absolute atomic E-state index is 14.5. The molecule has 0 atom stereocenters. The normalized spacial score (nSPS) is 13.3. The second-order valence-corrected chi connectivity index (χ2v) is 18.1. The number of benzene rings is 9. The summed E-state index contributed by atoms with van der Waals surface area (Å²) in [5.74, 6) is 0. The van der Waals surface area contributed by atoms with Gasteiger partial charge in [0, 0.05) is 54.2 Å². The fourth-order valence-electron chi connectivity index (χ4n) is 11.1. The largest absolute Gasteiger partial charge is 0.416 e. The predicted octanol–water partition coefficient (Wildman–Crippen LogP) is 18.7. The van der Waals surface area contributed by atoms with Gasteiger partial charge in [-0.1, -0.05) is 109 Å². The zero-order valence-corrected chi connectivity index (χ0v) is 36.6. The van der Waals surface area contributed by atoms with Crippen LogP contribution in [0.2, 0.25) is 0 Å². The highest BCUT2D eigenvalue weighted by Crippen LogP contribution is 2.55. The number of fused-ring (bicyclic) bond motifs is 14. The number of aromatic nitrogens is 2. The monoisotopic (exact) mass is 980 g/mol. The summed E-state index contributed by atoms with van der Waals surface area (Å²) in [6.45, 7) is 0. The average molecular weight is 981 g/mol. The average Bonchev–Trinajstić information content (AvgIpc) is 4.08. The molecule has 4 heterocycles. The highest BCUT2D eigenvalue weighted by Gasteiger charge is 2.40. The van der Waals surface area contributed by atoms with Gasteiger partial charge in [0.2, 0.25) is 0 Å². The Morgan fingerprint density at radius 2 is 0.583 bits per heavy atom. The Kier molecular flexibility index (Phi) is 8.90. The van der Waals surface area contributed by atoms with Crippen molar-refractivity contribution in [2.45, 2.75) is 24.7 Å². The number of halogens is 12. The molecule has 0 N–H and O–H groups in total. The van der Waals surface area contributed by atoms with Crippen molar-refractivity contribution in [1.82, 2.24) is 8.80 Å². The molecule has 0 fully saturated rings. The standard InChI is InChI=1S/C58H28F12N2/c59-55(60,61)35-21-33(22-36(27-35)56(62,63)64)39-13-8-16-42-48-50-44-26-32(30-11-5-2-6-12-30)18-20-46(44)72-52-40(34-23-37(57(65,66)67)28-38(24-34)58(68,69)70)14-7-15-41(52)47(54(50)72)49-43-25-31(29-9-3-1-4-10-29)17-19-45(43)71(51(39)42)53(48)49/h1-28H. The molecule has 13 aromatic rings. The Labute approximate surface area is 397 Å². The molecule has 0 aliphatic heterocycles. The number of hydrogen-bond acceptors (Lipinski definition) is 0. The number of rotatable bonds is 4. The van der Waals surface area contributed by atoms with Crippen molar-refractivity contribution in [3.8, 4) is 44.5 Å². The lowest BCUT2D eigenvalue weighted by atomic mass is 9.93. The van der Waals surface area contributed by atoms with Gasteiger partial charge in [0.1, 0.15) is 0 Å². The third-order valence-electron chi connectivity index (χ3n) is 14.0. The highest BCUT2D eigenvalue weighted by molar-refractivity contribution is 6.46. The van der Waals surface area contributed by atoms with Crippen molar-refractivity contribution in [3.05, 3.63) is 192 Å². The molecule has 0 saturated carbocycles. The minimum atomic E-state index is -5.14. The van der Waals surface area contributed by atoms with E-state index in [0.29, 0.717) is 100 Å². The molecule has 0 spiro atoms. The van der Waals surface area contributed by atoms with E-state index in [0.717, 1.165) is 22.3 Å². The smallest absolute Gasteiger partial charge is 0.307 e. The molecule has 2 nitrogen and oxygen atoms in total. The van der Waals surface area contributed by atoms with Gasteiger partial charge >= 0.3 is 24.7 Å². The quantitative estimate of drug-likeness (QED) is 0.155. The summed E-state index contributed by atoms with van der Waals surface area (Å²) < 4.78 is 178. The number of hydrogen-bond donors (Lipinski definition) is 0. The summed E-state index contributed by atoms with van der Waals surface area (Å²) in [5.41, 5.74) is -0.391. The first-order valence-corrected chi connectivity index (χ1v) is 22.4. The molecule has 0 saturated heterocycles. The molecule has 9 aromatic carbocycles. The van der Waals surface area contributed by atoms with E-state index in [1.54, 1.807) is 24.3 Å². The highest BCUT2D eigenvalue weighted by atomic mass is 19.4. The lowest BCUT2D eigenvalue weighted by Gasteiger charge is -2.15. The van der Waals surface area contributed by atoms with Crippen molar-refractivity contribution in [2.75, 3.05) is 0 Å².